The van der Waals surface area contributed by atoms with Crippen molar-refractivity contribution in [2.24, 2.45) is 5.92 Å². The molecular weight excluding hydrogens is 222 g/mol. The first-order valence-electron chi connectivity index (χ1n) is 5.92. The maximum Gasteiger partial charge on any atom is 0.305 e. The highest BCUT2D eigenvalue weighted by Crippen LogP contribution is 2.20. The van der Waals surface area contributed by atoms with E-state index in [4.69, 9.17) is 9.84 Å². The standard InChI is InChI=1S/C12H23NO4/c1-5-6-17-8-10(14)13-12(4,9(2)3)7-11(15)16/h9H,5-8H2,1-4H3,(H,13,14)(H,15,16). The predicted octanol–water partition coefficient (Wildman–Crippen LogP) is 1.42. The Morgan fingerprint density at radius 1 is 1.41 bits per heavy atom. The fourth-order valence-corrected chi connectivity index (χ4v) is 1.37. The van der Waals surface area contributed by atoms with E-state index in [1.165, 1.54) is 0 Å². The van der Waals surface area contributed by atoms with Gasteiger partial charge in [0.25, 0.3) is 0 Å². The normalized spacial score (nSPS) is 14.4. The van der Waals surface area contributed by atoms with Gasteiger partial charge in [-0.3, -0.25) is 9.59 Å². The summed E-state index contributed by atoms with van der Waals surface area (Å²) in [5, 5.41) is 11.6. The van der Waals surface area contributed by atoms with Crippen molar-refractivity contribution < 1.29 is 19.4 Å². The van der Waals surface area contributed by atoms with Gasteiger partial charge in [0.05, 0.1) is 12.0 Å². The molecule has 0 aliphatic rings. The van der Waals surface area contributed by atoms with E-state index in [0.717, 1.165) is 6.42 Å². The van der Waals surface area contributed by atoms with E-state index in [1.807, 2.05) is 20.8 Å². The van der Waals surface area contributed by atoms with Crippen LogP contribution in [0.4, 0.5) is 0 Å². The molecule has 0 aromatic rings. The van der Waals surface area contributed by atoms with Gasteiger partial charge in [0.2, 0.25) is 5.91 Å². The van der Waals surface area contributed by atoms with Crippen molar-refractivity contribution in [1.29, 1.82) is 0 Å². The van der Waals surface area contributed by atoms with Crippen LogP contribution in [0.2, 0.25) is 0 Å². The van der Waals surface area contributed by atoms with E-state index >= 15 is 0 Å². The van der Waals surface area contributed by atoms with Gasteiger partial charge in [-0.1, -0.05) is 20.8 Å². The van der Waals surface area contributed by atoms with Gasteiger partial charge in [-0.25, -0.2) is 0 Å². The van der Waals surface area contributed by atoms with Crippen molar-refractivity contribution in [3.63, 3.8) is 0 Å². The summed E-state index contributed by atoms with van der Waals surface area (Å²) in [6.07, 6.45) is 0.758. The minimum absolute atomic E-state index is 0.0181. The summed E-state index contributed by atoms with van der Waals surface area (Å²) < 4.78 is 5.12. The lowest BCUT2D eigenvalue weighted by Crippen LogP contribution is -2.52. The molecule has 1 amide bonds. The van der Waals surface area contributed by atoms with E-state index in [2.05, 4.69) is 5.32 Å². The third-order valence-corrected chi connectivity index (χ3v) is 2.80. The van der Waals surface area contributed by atoms with Gasteiger partial charge in [0.1, 0.15) is 6.61 Å². The molecule has 2 N–H and O–H groups in total. The zero-order valence-corrected chi connectivity index (χ0v) is 11.1. The average molecular weight is 245 g/mol. The summed E-state index contributed by atoms with van der Waals surface area (Å²) in [5.74, 6) is -1.15. The molecule has 0 fully saturated rings. The second-order valence-corrected chi connectivity index (χ2v) is 4.74. The Hall–Kier alpha value is -1.10. The number of ether oxygens (including phenoxy) is 1. The fraction of sp³-hybridized carbons (Fsp3) is 0.833. The van der Waals surface area contributed by atoms with Crippen molar-refractivity contribution in [1.82, 2.24) is 5.32 Å². The second kappa shape index (κ2) is 7.27. The predicted molar refractivity (Wildman–Crippen MR) is 64.7 cm³/mol. The number of nitrogens with one attached hydrogen (secondary N) is 1. The third-order valence-electron chi connectivity index (χ3n) is 2.80. The van der Waals surface area contributed by atoms with Crippen LogP contribution in [0.3, 0.4) is 0 Å². The molecule has 0 radical (unpaired) electrons. The molecule has 5 heteroatoms. The third kappa shape index (κ3) is 6.26. The highest BCUT2D eigenvalue weighted by molar-refractivity contribution is 5.79. The highest BCUT2D eigenvalue weighted by atomic mass is 16.5. The van der Waals surface area contributed by atoms with E-state index in [-0.39, 0.29) is 24.9 Å². The molecule has 0 aromatic heterocycles. The maximum atomic E-state index is 11.6. The maximum absolute atomic E-state index is 11.6. The molecule has 0 rings (SSSR count). The first kappa shape index (κ1) is 15.9. The zero-order valence-electron chi connectivity index (χ0n) is 11.1. The summed E-state index contributed by atoms with van der Waals surface area (Å²) in [6.45, 7) is 7.98. The van der Waals surface area contributed by atoms with Crippen LogP contribution in [-0.4, -0.2) is 35.7 Å². The number of aliphatic carboxylic acids is 1. The van der Waals surface area contributed by atoms with Crippen LogP contribution in [-0.2, 0) is 14.3 Å². The van der Waals surface area contributed by atoms with Crippen LogP contribution < -0.4 is 5.32 Å². The molecule has 0 bridgehead atoms. The quantitative estimate of drug-likeness (QED) is 0.634. The lowest BCUT2D eigenvalue weighted by molar-refractivity contribution is -0.140. The molecule has 0 spiro atoms. The van der Waals surface area contributed by atoms with Gasteiger partial charge < -0.3 is 15.2 Å². The minimum Gasteiger partial charge on any atom is -0.481 e. The van der Waals surface area contributed by atoms with E-state index < -0.39 is 11.5 Å². The lowest BCUT2D eigenvalue weighted by Gasteiger charge is -2.33. The molecular formula is C12H23NO4. The molecule has 0 aliphatic carbocycles. The van der Waals surface area contributed by atoms with E-state index in [9.17, 15) is 9.59 Å². The number of carbonyl (C=O) groups excluding carboxylic acids is 1. The first-order valence-corrected chi connectivity index (χ1v) is 5.92. The molecule has 100 valence electrons. The average Bonchev–Trinajstić information content (AvgIpc) is 2.16. The Balaban J connectivity index is 4.34. The van der Waals surface area contributed by atoms with Gasteiger partial charge >= 0.3 is 5.97 Å². The van der Waals surface area contributed by atoms with Gasteiger partial charge in [-0.2, -0.15) is 0 Å². The molecule has 5 nitrogen and oxygen atoms in total. The van der Waals surface area contributed by atoms with Crippen molar-refractivity contribution in [3.05, 3.63) is 0 Å². The van der Waals surface area contributed by atoms with Crippen molar-refractivity contribution >= 4 is 11.9 Å². The van der Waals surface area contributed by atoms with Crippen LogP contribution in [0.25, 0.3) is 0 Å². The summed E-state index contributed by atoms with van der Waals surface area (Å²) in [7, 11) is 0. The van der Waals surface area contributed by atoms with E-state index in [1.54, 1.807) is 6.92 Å². The Bertz CT molecular complexity index is 265. The van der Waals surface area contributed by atoms with Crippen LogP contribution >= 0.6 is 0 Å². The topological polar surface area (TPSA) is 75.6 Å². The molecule has 0 saturated heterocycles. The highest BCUT2D eigenvalue weighted by Gasteiger charge is 2.32. The minimum atomic E-state index is -0.920. The number of carboxylic acid groups (broad SMARTS) is 1. The number of carboxylic acids is 1. The van der Waals surface area contributed by atoms with E-state index in [0.29, 0.717) is 6.61 Å². The molecule has 0 aromatic carbocycles. The van der Waals surface area contributed by atoms with Crippen LogP contribution in [0.15, 0.2) is 0 Å². The number of amides is 1. The number of hydrogen-bond acceptors (Lipinski definition) is 3. The molecule has 0 aliphatic heterocycles. The smallest absolute Gasteiger partial charge is 0.305 e. The molecule has 17 heavy (non-hydrogen) atoms. The van der Waals surface area contributed by atoms with Gasteiger partial charge in [-0.05, 0) is 19.3 Å². The molecule has 1 atom stereocenters. The van der Waals surface area contributed by atoms with Gasteiger partial charge in [0.15, 0.2) is 0 Å². The second-order valence-electron chi connectivity index (χ2n) is 4.74. The Morgan fingerprint density at radius 2 is 2.00 bits per heavy atom. The summed E-state index contributed by atoms with van der Waals surface area (Å²) in [5.41, 5.74) is -0.738. The molecule has 1 unspecified atom stereocenters. The van der Waals surface area contributed by atoms with Crippen LogP contribution in [0.5, 0.6) is 0 Å². The van der Waals surface area contributed by atoms with Crippen molar-refractivity contribution in [3.8, 4) is 0 Å². The van der Waals surface area contributed by atoms with Crippen molar-refractivity contribution in [2.45, 2.75) is 46.1 Å². The lowest BCUT2D eigenvalue weighted by atomic mass is 9.85. The monoisotopic (exact) mass is 245 g/mol. The summed E-state index contributed by atoms with van der Waals surface area (Å²) in [4.78, 5) is 22.4. The van der Waals surface area contributed by atoms with Crippen molar-refractivity contribution in [2.75, 3.05) is 13.2 Å². The molecule has 0 saturated carbocycles. The van der Waals surface area contributed by atoms with Crippen LogP contribution in [0, 0.1) is 5.92 Å². The summed E-state index contributed by atoms with van der Waals surface area (Å²) >= 11 is 0. The Morgan fingerprint density at radius 3 is 2.41 bits per heavy atom. The zero-order chi connectivity index (χ0) is 13.5. The Labute approximate surface area is 103 Å². The number of rotatable bonds is 8. The number of carbonyl (C=O) groups is 2. The van der Waals surface area contributed by atoms with Crippen LogP contribution in [0.1, 0.15) is 40.5 Å². The molecule has 0 heterocycles. The largest absolute Gasteiger partial charge is 0.481 e. The SMILES string of the molecule is CCCOCC(=O)NC(C)(CC(=O)O)C(C)C. The first-order chi connectivity index (χ1) is 7.81. The summed E-state index contributed by atoms with van der Waals surface area (Å²) in [6, 6.07) is 0. The van der Waals surface area contributed by atoms with Gasteiger partial charge in [0, 0.05) is 6.61 Å². The fourth-order valence-electron chi connectivity index (χ4n) is 1.37. The Kier molecular flexibility index (Phi) is 6.80. The number of hydrogen-bond donors (Lipinski definition) is 2. The van der Waals surface area contributed by atoms with Gasteiger partial charge in [-0.15, -0.1) is 0 Å².